The molecule has 1 heterocycles. The smallest absolute Gasteiger partial charge is 0.270 e. The van der Waals surface area contributed by atoms with Crippen LogP contribution in [0.3, 0.4) is 0 Å². The third-order valence-corrected chi connectivity index (χ3v) is 3.29. The lowest BCUT2D eigenvalue weighted by molar-refractivity contribution is 0.0940. The maximum Gasteiger partial charge on any atom is 0.270 e. The molecule has 2 aromatic rings. The average molecular weight is 320 g/mol. The van der Waals surface area contributed by atoms with Crippen LogP contribution < -0.4 is 5.32 Å². The zero-order valence-corrected chi connectivity index (χ0v) is 13.3. The van der Waals surface area contributed by atoms with Crippen LogP contribution in [0.2, 0.25) is 5.02 Å². The number of halogens is 1. The van der Waals surface area contributed by atoms with Gasteiger partial charge in [-0.1, -0.05) is 11.6 Å². The molecule has 2 rings (SSSR count). The number of aryl methyl sites for hydroxylation is 1. The van der Waals surface area contributed by atoms with Crippen LogP contribution in [-0.2, 0) is 0 Å². The third kappa shape index (κ3) is 4.51. The number of hydrogen-bond donors (Lipinski definition) is 2. The van der Waals surface area contributed by atoms with E-state index in [2.05, 4.69) is 15.3 Å². The SMILES string of the molecule is Cc1cc(C(=O)NCCC(C)O)nc(-c2ccc(Cl)cc2)n1. The van der Waals surface area contributed by atoms with Crippen LogP contribution in [0.25, 0.3) is 11.4 Å². The summed E-state index contributed by atoms with van der Waals surface area (Å²) in [5, 5.41) is 12.6. The maximum absolute atomic E-state index is 12.1. The Bertz CT molecular complexity index is 657. The van der Waals surface area contributed by atoms with E-state index in [1.807, 2.05) is 19.1 Å². The molecule has 116 valence electrons. The van der Waals surface area contributed by atoms with E-state index >= 15 is 0 Å². The largest absolute Gasteiger partial charge is 0.393 e. The molecule has 0 spiro atoms. The monoisotopic (exact) mass is 319 g/mol. The molecule has 6 heteroatoms. The summed E-state index contributed by atoms with van der Waals surface area (Å²) in [4.78, 5) is 20.8. The second-order valence-corrected chi connectivity index (χ2v) is 5.56. The molecule has 1 aromatic heterocycles. The third-order valence-electron chi connectivity index (χ3n) is 3.04. The summed E-state index contributed by atoms with van der Waals surface area (Å²) in [6, 6.07) is 8.77. The van der Waals surface area contributed by atoms with Crippen LogP contribution in [0.4, 0.5) is 0 Å². The van der Waals surface area contributed by atoms with Crippen molar-refractivity contribution in [3.8, 4) is 11.4 Å². The molecular formula is C16H18ClN3O2. The summed E-state index contributed by atoms with van der Waals surface area (Å²) in [7, 11) is 0. The molecule has 0 aliphatic rings. The summed E-state index contributed by atoms with van der Waals surface area (Å²) in [6.07, 6.45) is 0.0527. The van der Waals surface area contributed by atoms with Crippen molar-refractivity contribution in [2.75, 3.05) is 6.54 Å². The minimum absolute atomic E-state index is 0.277. The maximum atomic E-state index is 12.1. The molecule has 2 N–H and O–H groups in total. The molecule has 0 aliphatic carbocycles. The van der Waals surface area contributed by atoms with Crippen LogP contribution in [-0.4, -0.2) is 33.6 Å². The van der Waals surface area contributed by atoms with Gasteiger partial charge in [0.1, 0.15) is 5.69 Å². The van der Waals surface area contributed by atoms with Gasteiger partial charge >= 0.3 is 0 Å². The number of nitrogens with zero attached hydrogens (tertiary/aromatic N) is 2. The van der Waals surface area contributed by atoms with Gasteiger partial charge in [0.05, 0.1) is 6.10 Å². The van der Waals surface area contributed by atoms with Gasteiger partial charge in [0.15, 0.2) is 5.82 Å². The fourth-order valence-electron chi connectivity index (χ4n) is 1.90. The fraction of sp³-hybridized carbons (Fsp3) is 0.312. The average Bonchev–Trinajstić information content (AvgIpc) is 2.46. The lowest BCUT2D eigenvalue weighted by Crippen LogP contribution is -2.27. The number of aliphatic hydroxyl groups excluding tert-OH is 1. The summed E-state index contributed by atoms with van der Waals surface area (Å²) >= 11 is 5.87. The Morgan fingerprint density at radius 1 is 1.32 bits per heavy atom. The Balaban J connectivity index is 2.19. The van der Waals surface area contributed by atoms with E-state index in [0.29, 0.717) is 35.2 Å². The molecule has 0 aliphatic heterocycles. The fourth-order valence-corrected chi connectivity index (χ4v) is 2.02. The van der Waals surface area contributed by atoms with Gasteiger partial charge in [-0.25, -0.2) is 9.97 Å². The number of benzene rings is 1. The Hall–Kier alpha value is -1.98. The second kappa shape index (κ2) is 7.33. The summed E-state index contributed by atoms with van der Waals surface area (Å²) < 4.78 is 0. The molecule has 5 nitrogen and oxygen atoms in total. The zero-order valence-electron chi connectivity index (χ0n) is 12.5. The normalized spacial score (nSPS) is 12.0. The molecular weight excluding hydrogens is 302 g/mol. The van der Waals surface area contributed by atoms with Crippen molar-refractivity contribution in [3.05, 3.63) is 46.7 Å². The first kappa shape index (κ1) is 16.4. The van der Waals surface area contributed by atoms with E-state index in [1.165, 1.54) is 0 Å². The van der Waals surface area contributed by atoms with E-state index in [4.69, 9.17) is 11.6 Å². The molecule has 1 unspecified atom stereocenters. The first-order valence-electron chi connectivity index (χ1n) is 7.03. The standard InChI is InChI=1S/C16H18ClN3O2/c1-10-9-14(16(22)18-8-7-11(2)21)20-15(19-10)12-3-5-13(17)6-4-12/h3-6,9,11,21H,7-8H2,1-2H3,(H,18,22). The molecule has 0 bridgehead atoms. The van der Waals surface area contributed by atoms with Crippen molar-refractivity contribution in [2.45, 2.75) is 26.4 Å². The topological polar surface area (TPSA) is 75.1 Å². The minimum atomic E-state index is -0.447. The Kier molecular flexibility index (Phi) is 5.46. The number of carbonyl (C=O) groups excluding carboxylic acids is 1. The molecule has 22 heavy (non-hydrogen) atoms. The number of amides is 1. The van der Waals surface area contributed by atoms with Crippen molar-refractivity contribution >= 4 is 17.5 Å². The van der Waals surface area contributed by atoms with Gasteiger partial charge < -0.3 is 10.4 Å². The lowest BCUT2D eigenvalue weighted by Gasteiger charge is -2.08. The molecule has 1 atom stereocenters. The highest BCUT2D eigenvalue weighted by Gasteiger charge is 2.11. The number of aromatic nitrogens is 2. The van der Waals surface area contributed by atoms with Crippen LogP contribution in [0.5, 0.6) is 0 Å². The van der Waals surface area contributed by atoms with Crippen LogP contribution in [0.15, 0.2) is 30.3 Å². The van der Waals surface area contributed by atoms with Crippen molar-refractivity contribution in [2.24, 2.45) is 0 Å². The highest BCUT2D eigenvalue weighted by atomic mass is 35.5. The highest BCUT2D eigenvalue weighted by molar-refractivity contribution is 6.30. The van der Waals surface area contributed by atoms with Gasteiger partial charge in [-0.2, -0.15) is 0 Å². The minimum Gasteiger partial charge on any atom is -0.393 e. The summed E-state index contributed by atoms with van der Waals surface area (Å²) in [6.45, 7) is 3.89. The molecule has 0 saturated heterocycles. The first-order chi connectivity index (χ1) is 10.5. The number of rotatable bonds is 5. The van der Waals surface area contributed by atoms with Gasteiger partial charge in [0, 0.05) is 22.8 Å². The van der Waals surface area contributed by atoms with Crippen LogP contribution in [0, 0.1) is 6.92 Å². The number of hydrogen-bond acceptors (Lipinski definition) is 4. The predicted octanol–water partition coefficient (Wildman–Crippen LogP) is 2.61. The van der Waals surface area contributed by atoms with Gasteiger partial charge in [0.25, 0.3) is 5.91 Å². The van der Waals surface area contributed by atoms with Gasteiger partial charge in [-0.3, -0.25) is 4.79 Å². The van der Waals surface area contributed by atoms with E-state index in [9.17, 15) is 9.90 Å². The Morgan fingerprint density at radius 3 is 2.64 bits per heavy atom. The van der Waals surface area contributed by atoms with E-state index < -0.39 is 6.10 Å². The second-order valence-electron chi connectivity index (χ2n) is 5.12. The van der Waals surface area contributed by atoms with Gasteiger partial charge in [-0.15, -0.1) is 0 Å². The van der Waals surface area contributed by atoms with Crippen molar-refractivity contribution in [1.82, 2.24) is 15.3 Å². The first-order valence-corrected chi connectivity index (χ1v) is 7.41. The Morgan fingerprint density at radius 2 is 2.00 bits per heavy atom. The van der Waals surface area contributed by atoms with Crippen molar-refractivity contribution < 1.29 is 9.90 Å². The molecule has 1 amide bonds. The zero-order chi connectivity index (χ0) is 16.1. The van der Waals surface area contributed by atoms with Crippen LogP contribution in [0.1, 0.15) is 29.5 Å². The quantitative estimate of drug-likeness (QED) is 0.888. The van der Waals surface area contributed by atoms with Crippen LogP contribution >= 0.6 is 11.6 Å². The molecule has 0 fully saturated rings. The highest BCUT2D eigenvalue weighted by Crippen LogP contribution is 2.18. The van der Waals surface area contributed by atoms with Crippen molar-refractivity contribution in [3.63, 3.8) is 0 Å². The predicted molar refractivity (Wildman–Crippen MR) is 85.8 cm³/mol. The van der Waals surface area contributed by atoms with Gasteiger partial charge in [-0.05, 0) is 50.6 Å². The molecule has 0 saturated carbocycles. The lowest BCUT2D eigenvalue weighted by atomic mass is 10.2. The van der Waals surface area contributed by atoms with E-state index in [0.717, 1.165) is 5.56 Å². The van der Waals surface area contributed by atoms with Crippen molar-refractivity contribution in [1.29, 1.82) is 0 Å². The number of carbonyl (C=O) groups is 1. The molecule has 1 aromatic carbocycles. The number of aliphatic hydroxyl groups is 1. The Labute approximate surface area is 134 Å². The number of nitrogens with one attached hydrogen (secondary N) is 1. The summed E-state index contributed by atoms with van der Waals surface area (Å²) in [5.41, 5.74) is 1.81. The summed E-state index contributed by atoms with van der Waals surface area (Å²) in [5.74, 6) is 0.207. The molecule has 0 radical (unpaired) electrons. The van der Waals surface area contributed by atoms with Gasteiger partial charge in [0.2, 0.25) is 0 Å². The van der Waals surface area contributed by atoms with E-state index in [-0.39, 0.29) is 5.91 Å². The van der Waals surface area contributed by atoms with E-state index in [1.54, 1.807) is 25.1 Å².